The zero-order valence-corrected chi connectivity index (χ0v) is 25.4. The highest BCUT2D eigenvalue weighted by Crippen LogP contribution is 2.28. The van der Waals surface area contributed by atoms with Gasteiger partial charge in [-0.2, -0.15) is 4.98 Å². The molecule has 5 aromatic rings. The van der Waals surface area contributed by atoms with Crippen molar-refractivity contribution in [2.45, 2.75) is 52.6 Å². The lowest BCUT2D eigenvalue weighted by Gasteiger charge is -2.35. The first-order chi connectivity index (χ1) is 21.0. The summed E-state index contributed by atoms with van der Waals surface area (Å²) in [5.41, 5.74) is 6.76. The Balaban J connectivity index is 1.13. The molecule has 3 N–H and O–H groups in total. The summed E-state index contributed by atoms with van der Waals surface area (Å²) in [6, 6.07) is 21.7. The number of aromatic amines is 1. The number of benzene rings is 2. The number of H-pyrrole nitrogens is 1. The molecule has 3 aromatic heterocycles. The van der Waals surface area contributed by atoms with Gasteiger partial charge in [0.2, 0.25) is 11.9 Å². The predicted octanol–water partition coefficient (Wildman–Crippen LogP) is 6.02. The lowest BCUT2D eigenvalue weighted by Crippen LogP contribution is -2.48. The van der Waals surface area contributed by atoms with Crippen LogP contribution in [0.5, 0.6) is 0 Å². The van der Waals surface area contributed by atoms with E-state index in [1.54, 1.807) is 6.92 Å². The van der Waals surface area contributed by atoms with Gasteiger partial charge in [0.05, 0.1) is 0 Å². The quantitative estimate of drug-likeness (QED) is 0.166. The number of amides is 1. The summed E-state index contributed by atoms with van der Waals surface area (Å²) >= 11 is 0. The number of rotatable bonds is 11. The first-order valence-corrected chi connectivity index (χ1v) is 15.5. The predicted molar refractivity (Wildman–Crippen MR) is 175 cm³/mol. The molecule has 1 fully saturated rings. The molecule has 4 heterocycles. The van der Waals surface area contributed by atoms with Gasteiger partial charge >= 0.3 is 0 Å². The third-order valence-corrected chi connectivity index (χ3v) is 8.64. The van der Waals surface area contributed by atoms with Gasteiger partial charge in [0.1, 0.15) is 5.65 Å². The molecule has 9 nitrogen and oxygen atoms in total. The zero-order valence-electron chi connectivity index (χ0n) is 25.4. The lowest BCUT2D eigenvalue weighted by atomic mass is 10.1. The molecule has 224 valence electrons. The third kappa shape index (κ3) is 6.37. The van der Waals surface area contributed by atoms with Crippen LogP contribution in [-0.2, 0) is 17.8 Å². The number of fused-ring (bicyclic) bond motifs is 2. The molecule has 2 aromatic carbocycles. The van der Waals surface area contributed by atoms with Crippen molar-refractivity contribution in [1.82, 2.24) is 29.7 Å². The molecule has 0 aliphatic carbocycles. The molecule has 9 heteroatoms. The second kappa shape index (κ2) is 12.9. The maximum absolute atomic E-state index is 11.7. The molecular weight excluding hydrogens is 536 g/mol. The van der Waals surface area contributed by atoms with Gasteiger partial charge in [0.15, 0.2) is 0 Å². The molecule has 0 saturated carbocycles. The number of nitrogens with zero attached hydrogens (tertiary/aromatic N) is 5. The van der Waals surface area contributed by atoms with E-state index in [0.29, 0.717) is 12.0 Å². The van der Waals surface area contributed by atoms with E-state index in [0.717, 1.165) is 80.9 Å². The summed E-state index contributed by atoms with van der Waals surface area (Å²) in [7, 11) is 0. The van der Waals surface area contributed by atoms with E-state index in [-0.39, 0.29) is 5.91 Å². The molecule has 0 spiro atoms. The second-order valence-corrected chi connectivity index (χ2v) is 11.4. The lowest BCUT2D eigenvalue weighted by molar-refractivity contribution is -0.129. The van der Waals surface area contributed by atoms with E-state index in [1.165, 1.54) is 22.3 Å². The largest absolute Gasteiger partial charge is 0.368 e. The molecule has 1 aliphatic heterocycles. The maximum Gasteiger partial charge on any atom is 0.229 e. The highest BCUT2D eigenvalue weighted by atomic mass is 16.2. The Kier molecular flexibility index (Phi) is 8.60. The van der Waals surface area contributed by atoms with Crippen molar-refractivity contribution in [2.24, 2.45) is 0 Å². The van der Waals surface area contributed by atoms with E-state index >= 15 is 0 Å². The highest BCUT2D eigenvalue weighted by Gasteiger charge is 2.20. The molecule has 0 bridgehead atoms. The first kappa shape index (κ1) is 28.7. The van der Waals surface area contributed by atoms with Crippen LogP contribution in [0.25, 0.3) is 21.9 Å². The molecule has 1 aliphatic rings. The first-order valence-electron chi connectivity index (χ1n) is 15.5. The molecule has 1 saturated heterocycles. The molecule has 0 unspecified atom stereocenters. The van der Waals surface area contributed by atoms with Crippen LogP contribution in [0, 0.1) is 0 Å². The van der Waals surface area contributed by atoms with Crippen molar-refractivity contribution >= 4 is 45.2 Å². The Morgan fingerprint density at radius 1 is 0.977 bits per heavy atom. The average Bonchev–Trinajstić information content (AvgIpc) is 3.61. The van der Waals surface area contributed by atoms with Crippen LogP contribution in [0.4, 0.5) is 17.3 Å². The van der Waals surface area contributed by atoms with Gasteiger partial charge in [-0.3, -0.25) is 4.79 Å². The van der Waals surface area contributed by atoms with Crippen LogP contribution in [0.2, 0.25) is 0 Å². The van der Waals surface area contributed by atoms with Crippen LogP contribution in [0.3, 0.4) is 0 Å². The van der Waals surface area contributed by atoms with Crippen molar-refractivity contribution < 1.29 is 4.79 Å². The summed E-state index contributed by atoms with van der Waals surface area (Å²) in [6.07, 6.45) is 4.95. The van der Waals surface area contributed by atoms with Gasteiger partial charge in [-0.1, -0.05) is 32.0 Å². The minimum atomic E-state index is 0.149. The third-order valence-electron chi connectivity index (χ3n) is 8.64. The second-order valence-electron chi connectivity index (χ2n) is 11.4. The van der Waals surface area contributed by atoms with Crippen LogP contribution >= 0.6 is 0 Å². The van der Waals surface area contributed by atoms with Crippen LogP contribution < -0.4 is 15.5 Å². The van der Waals surface area contributed by atoms with E-state index in [9.17, 15) is 4.79 Å². The SMILES string of the molecule is CCC(CC)n1c(CNCCc2cc3ccccc3[nH]2)cc2cnc(Nc3ccc(N4CCN(C(C)=O)CC4)cc3)nc21. The Morgan fingerprint density at radius 3 is 2.47 bits per heavy atom. The Bertz CT molecular complexity index is 1640. The number of nitrogens with one attached hydrogen (secondary N) is 3. The fourth-order valence-corrected chi connectivity index (χ4v) is 6.19. The number of para-hydroxylation sites is 1. The molecule has 6 rings (SSSR count). The summed E-state index contributed by atoms with van der Waals surface area (Å²) in [6.45, 7) is 11.0. The van der Waals surface area contributed by atoms with Crippen LogP contribution in [0.15, 0.2) is 66.9 Å². The van der Waals surface area contributed by atoms with Crippen molar-refractivity contribution in [3.8, 4) is 0 Å². The average molecular weight is 579 g/mol. The Labute approximate surface area is 253 Å². The van der Waals surface area contributed by atoms with Crippen molar-refractivity contribution in [3.63, 3.8) is 0 Å². The van der Waals surface area contributed by atoms with Gasteiger partial charge in [0, 0.05) is 92.1 Å². The van der Waals surface area contributed by atoms with Crippen molar-refractivity contribution in [1.29, 1.82) is 0 Å². The summed E-state index contributed by atoms with van der Waals surface area (Å²) < 4.78 is 2.40. The van der Waals surface area contributed by atoms with Crippen molar-refractivity contribution in [2.75, 3.05) is 42.9 Å². The summed E-state index contributed by atoms with van der Waals surface area (Å²) in [5.74, 6) is 0.746. The number of anilines is 3. The molecular formula is C34H42N8O. The minimum absolute atomic E-state index is 0.149. The van der Waals surface area contributed by atoms with E-state index < -0.39 is 0 Å². The molecule has 1 amide bonds. The van der Waals surface area contributed by atoms with Crippen LogP contribution in [0.1, 0.15) is 51.0 Å². The molecule has 43 heavy (non-hydrogen) atoms. The number of piperazine rings is 1. The van der Waals surface area contributed by atoms with E-state index in [4.69, 9.17) is 4.98 Å². The molecule has 0 radical (unpaired) electrons. The fraction of sp³-hybridized carbons (Fsp3) is 0.382. The maximum atomic E-state index is 11.7. The Morgan fingerprint density at radius 2 is 1.74 bits per heavy atom. The minimum Gasteiger partial charge on any atom is -0.368 e. The summed E-state index contributed by atoms with van der Waals surface area (Å²) in [4.78, 5) is 29.1. The van der Waals surface area contributed by atoms with Gasteiger partial charge in [-0.25, -0.2) is 4.98 Å². The monoisotopic (exact) mass is 578 g/mol. The fourth-order valence-electron chi connectivity index (χ4n) is 6.19. The van der Waals surface area contributed by atoms with Gasteiger partial charge < -0.3 is 30.0 Å². The van der Waals surface area contributed by atoms with Gasteiger partial charge in [0.25, 0.3) is 0 Å². The number of aromatic nitrogens is 4. The number of carbonyl (C=O) groups is 1. The smallest absolute Gasteiger partial charge is 0.229 e. The zero-order chi connectivity index (χ0) is 29.8. The van der Waals surface area contributed by atoms with Gasteiger partial charge in [-0.05, 0) is 67.1 Å². The molecule has 0 atom stereocenters. The van der Waals surface area contributed by atoms with E-state index in [2.05, 4.69) is 105 Å². The Hall–Kier alpha value is -4.37. The number of hydrogen-bond acceptors (Lipinski definition) is 6. The van der Waals surface area contributed by atoms with Crippen molar-refractivity contribution in [3.05, 3.63) is 78.2 Å². The highest BCUT2D eigenvalue weighted by molar-refractivity contribution is 5.80. The van der Waals surface area contributed by atoms with E-state index in [1.807, 2.05) is 11.1 Å². The summed E-state index contributed by atoms with van der Waals surface area (Å²) in [5, 5.41) is 9.40. The normalized spacial score (nSPS) is 13.9. The van der Waals surface area contributed by atoms with Gasteiger partial charge in [-0.15, -0.1) is 0 Å². The standard InChI is InChI=1S/C34H42N8O/c1-4-29(5-2)42-31(23-35-15-14-28-20-25-8-6-7-9-32(25)37-28)21-26-22-36-34(39-33(26)42)38-27-10-12-30(13-11-27)41-18-16-40(17-19-41)24(3)43/h6-13,20-22,29,35,37H,4-5,14-19,23H2,1-3H3,(H,36,38,39). The van der Waals surface area contributed by atoms with Crippen LogP contribution in [-0.4, -0.2) is 63.0 Å². The number of hydrogen-bond donors (Lipinski definition) is 3. The number of carbonyl (C=O) groups excluding carboxylic acids is 1. The topological polar surface area (TPSA) is 94.1 Å².